The van der Waals surface area contributed by atoms with Crippen molar-refractivity contribution in [2.45, 2.75) is 32.5 Å². The van der Waals surface area contributed by atoms with Crippen molar-refractivity contribution in [2.24, 2.45) is 0 Å². The molecule has 1 aromatic carbocycles. The van der Waals surface area contributed by atoms with E-state index in [0.29, 0.717) is 0 Å². The lowest BCUT2D eigenvalue weighted by atomic mass is 10.0. The molecule has 2 aliphatic rings. The van der Waals surface area contributed by atoms with Crippen molar-refractivity contribution < 1.29 is 9.47 Å². The molecular formula is C23H32N4O2. The molecule has 0 spiro atoms. The zero-order chi connectivity index (χ0) is 20.1. The van der Waals surface area contributed by atoms with Gasteiger partial charge in [-0.1, -0.05) is 18.2 Å². The van der Waals surface area contributed by atoms with Crippen molar-refractivity contribution in [1.82, 2.24) is 15.2 Å². The highest BCUT2D eigenvalue weighted by molar-refractivity contribution is 5.44. The highest BCUT2D eigenvalue weighted by Crippen LogP contribution is 2.28. The van der Waals surface area contributed by atoms with Crippen LogP contribution in [0.2, 0.25) is 0 Å². The molecule has 3 heterocycles. The number of piperazine rings is 1. The van der Waals surface area contributed by atoms with Gasteiger partial charge in [0.1, 0.15) is 5.75 Å². The molecule has 2 fully saturated rings. The Hall–Kier alpha value is -2.15. The highest BCUT2D eigenvalue weighted by Gasteiger charge is 2.24. The summed E-state index contributed by atoms with van der Waals surface area (Å²) in [7, 11) is 0. The Morgan fingerprint density at radius 3 is 2.72 bits per heavy atom. The molecule has 0 radical (unpaired) electrons. The Bertz CT molecular complexity index is 775. The monoisotopic (exact) mass is 396 g/mol. The van der Waals surface area contributed by atoms with E-state index < -0.39 is 0 Å². The van der Waals surface area contributed by atoms with E-state index in [1.54, 1.807) is 0 Å². The summed E-state index contributed by atoms with van der Waals surface area (Å²) in [6.07, 6.45) is 2.18. The number of hydrogen-bond acceptors (Lipinski definition) is 6. The van der Waals surface area contributed by atoms with Gasteiger partial charge >= 0.3 is 0 Å². The number of rotatable bonds is 6. The van der Waals surface area contributed by atoms with Gasteiger partial charge in [-0.25, -0.2) is 0 Å². The largest absolute Gasteiger partial charge is 0.491 e. The van der Waals surface area contributed by atoms with Crippen LogP contribution in [0, 0.1) is 0 Å². The lowest BCUT2D eigenvalue weighted by molar-refractivity contribution is 0.122. The summed E-state index contributed by atoms with van der Waals surface area (Å²) in [5.74, 6) is 0.981. The Morgan fingerprint density at radius 1 is 1.14 bits per heavy atom. The van der Waals surface area contributed by atoms with E-state index in [2.05, 4.69) is 59.3 Å². The van der Waals surface area contributed by atoms with Crippen LogP contribution in [0.25, 0.3) is 0 Å². The van der Waals surface area contributed by atoms with Gasteiger partial charge in [-0.05, 0) is 32.0 Å². The number of nitrogens with zero attached hydrogens (tertiary/aromatic N) is 3. The van der Waals surface area contributed by atoms with Crippen LogP contribution in [-0.4, -0.2) is 61.9 Å². The minimum atomic E-state index is 0.171. The second-order valence-corrected chi connectivity index (χ2v) is 8.05. The first kappa shape index (κ1) is 20.1. The first-order valence-electron chi connectivity index (χ1n) is 10.7. The van der Waals surface area contributed by atoms with Crippen LogP contribution in [0.1, 0.15) is 31.1 Å². The number of ether oxygens (including phenoxy) is 2. The molecule has 0 aliphatic carbocycles. The van der Waals surface area contributed by atoms with E-state index in [1.165, 1.54) is 11.3 Å². The molecule has 2 aliphatic heterocycles. The fourth-order valence-electron chi connectivity index (χ4n) is 4.04. The Kier molecular flexibility index (Phi) is 6.64. The molecule has 0 saturated carbocycles. The number of para-hydroxylation sites is 1. The number of hydrogen-bond donors (Lipinski definition) is 1. The minimum absolute atomic E-state index is 0.171. The van der Waals surface area contributed by atoms with Gasteiger partial charge in [0.2, 0.25) is 0 Å². The number of benzene rings is 1. The fourth-order valence-corrected chi connectivity index (χ4v) is 4.04. The van der Waals surface area contributed by atoms with Crippen molar-refractivity contribution >= 4 is 5.69 Å². The fraction of sp³-hybridized carbons (Fsp3) is 0.522. The van der Waals surface area contributed by atoms with Crippen molar-refractivity contribution in [3.05, 3.63) is 53.9 Å². The molecule has 0 unspecified atom stereocenters. The molecule has 2 saturated heterocycles. The van der Waals surface area contributed by atoms with Gasteiger partial charge in [-0.3, -0.25) is 9.88 Å². The van der Waals surface area contributed by atoms with Gasteiger partial charge in [-0.2, -0.15) is 0 Å². The summed E-state index contributed by atoms with van der Waals surface area (Å²) in [6, 6.07) is 13.0. The standard InChI is InChI=1S/C23H32N4O2/c1-18(2)29-23-6-4-3-5-21(23)22-17-26(10-9-24-22)16-19-7-8-20(15-25-19)27-11-13-28-14-12-27/h3-8,15,18,22,24H,9-14,16-17H2,1-2H3/t22-/m1/s1. The van der Waals surface area contributed by atoms with Gasteiger partial charge < -0.3 is 19.7 Å². The van der Waals surface area contributed by atoms with E-state index >= 15 is 0 Å². The molecule has 6 heteroatoms. The average molecular weight is 397 g/mol. The average Bonchev–Trinajstić information content (AvgIpc) is 2.75. The summed E-state index contributed by atoms with van der Waals surface area (Å²) in [5, 5.41) is 3.66. The topological polar surface area (TPSA) is 49.9 Å². The molecule has 2 aromatic rings. The molecule has 4 rings (SSSR count). The number of anilines is 1. The summed E-state index contributed by atoms with van der Waals surface area (Å²) < 4.78 is 11.5. The van der Waals surface area contributed by atoms with Crippen LogP contribution in [0.4, 0.5) is 5.69 Å². The maximum absolute atomic E-state index is 6.04. The third kappa shape index (κ3) is 5.26. The third-order valence-corrected chi connectivity index (χ3v) is 5.49. The zero-order valence-electron chi connectivity index (χ0n) is 17.5. The SMILES string of the molecule is CC(C)Oc1ccccc1[C@H]1CN(Cc2ccc(N3CCOCC3)cn2)CCN1. The summed E-state index contributed by atoms with van der Waals surface area (Å²) >= 11 is 0. The maximum Gasteiger partial charge on any atom is 0.124 e. The number of pyridine rings is 1. The van der Waals surface area contributed by atoms with Crippen LogP contribution < -0.4 is 15.0 Å². The lowest BCUT2D eigenvalue weighted by Gasteiger charge is -2.34. The van der Waals surface area contributed by atoms with Gasteiger partial charge in [-0.15, -0.1) is 0 Å². The van der Waals surface area contributed by atoms with Gasteiger partial charge in [0.15, 0.2) is 0 Å². The van der Waals surface area contributed by atoms with Crippen LogP contribution in [0.3, 0.4) is 0 Å². The third-order valence-electron chi connectivity index (χ3n) is 5.49. The second kappa shape index (κ2) is 9.57. The van der Waals surface area contributed by atoms with E-state index in [9.17, 15) is 0 Å². The normalized spacial score (nSPS) is 20.8. The van der Waals surface area contributed by atoms with Crippen molar-refractivity contribution in [3.63, 3.8) is 0 Å². The second-order valence-electron chi connectivity index (χ2n) is 8.05. The minimum Gasteiger partial charge on any atom is -0.491 e. The van der Waals surface area contributed by atoms with Crippen LogP contribution in [0.15, 0.2) is 42.6 Å². The molecule has 1 atom stereocenters. The number of morpholine rings is 1. The summed E-state index contributed by atoms with van der Waals surface area (Å²) in [6.45, 7) is 11.4. The molecule has 1 N–H and O–H groups in total. The van der Waals surface area contributed by atoms with E-state index in [1.807, 2.05) is 12.3 Å². The molecular weight excluding hydrogens is 364 g/mol. The maximum atomic E-state index is 6.04. The van der Waals surface area contributed by atoms with Gasteiger partial charge in [0.25, 0.3) is 0 Å². The Labute approximate surface area is 173 Å². The molecule has 156 valence electrons. The van der Waals surface area contributed by atoms with Crippen molar-refractivity contribution in [2.75, 3.05) is 50.8 Å². The van der Waals surface area contributed by atoms with E-state index in [-0.39, 0.29) is 12.1 Å². The zero-order valence-corrected chi connectivity index (χ0v) is 17.5. The van der Waals surface area contributed by atoms with E-state index in [0.717, 1.165) is 63.9 Å². The van der Waals surface area contributed by atoms with Crippen molar-refractivity contribution in [1.29, 1.82) is 0 Å². The lowest BCUT2D eigenvalue weighted by Crippen LogP contribution is -2.45. The number of aromatic nitrogens is 1. The molecule has 0 amide bonds. The first-order valence-corrected chi connectivity index (χ1v) is 10.7. The molecule has 0 bridgehead atoms. The van der Waals surface area contributed by atoms with Crippen LogP contribution in [0.5, 0.6) is 5.75 Å². The quantitative estimate of drug-likeness (QED) is 0.810. The molecule has 1 aromatic heterocycles. The predicted octanol–water partition coefficient (Wildman–Crippen LogP) is 2.85. The highest BCUT2D eigenvalue weighted by atomic mass is 16.5. The Balaban J connectivity index is 1.39. The first-order chi connectivity index (χ1) is 14.2. The van der Waals surface area contributed by atoms with Gasteiger partial charge in [0, 0.05) is 50.9 Å². The number of nitrogens with one attached hydrogen (secondary N) is 1. The summed E-state index contributed by atoms with van der Waals surface area (Å²) in [5.41, 5.74) is 3.55. The smallest absolute Gasteiger partial charge is 0.124 e. The van der Waals surface area contributed by atoms with Crippen LogP contribution in [-0.2, 0) is 11.3 Å². The Morgan fingerprint density at radius 2 is 1.97 bits per heavy atom. The van der Waals surface area contributed by atoms with E-state index in [4.69, 9.17) is 14.5 Å². The molecule has 6 nitrogen and oxygen atoms in total. The van der Waals surface area contributed by atoms with Gasteiger partial charge in [0.05, 0.1) is 36.9 Å². The predicted molar refractivity (Wildman–Crippen MR) is 115 cm³/mol. The summed E-state index contributed by atoms with van der Waals surface area (Å²) in [4.78, 5) is 9.55. The molecule has 29 heavy (non-hydrogen) atoms. The van der Waals surface area contributed by atoms with Crippen LogP contribution >= 0.6 is 0 Å². The van der Waals surface area contributed by atoms with Crippen molar-refractivity contribution in [3.8, 4) is 5.75 Å².